The highest BCUT2D eigenvalue weighted by Crippen LogP contribution is 2.66. The molecule has 1 amide bonds. The van der Waals surface area contributed by atoms with Gasteiger partial charge in [-0.1, -0.05) is 23.8 Å². The SMILES string of the molecule is COc1cc2c(cc1OC)[C@@]13CCN4CC5=CCO[C@H]6CC(=O)N2[C@H]1[C@H]6[C@H]5C[C@H]43.C[C@@H]1O[C@@H](O[C@H]2[C@H](Oc3cc(O)c4c(c3)OC(c3ccc(O)cc3)CC4=O)O[C@H](CO)[C@@H](O)[C@@H]2O)[C@H](O)[C@H](O)[C@H]1O. The number of nitrogens with zero attached hydrogens (tertiary/aromatic N) is 2. The first-order chi connectivity index (χ1) is 33.6. The molecule has 70 heavy (non-hydrogen) atoms. The number of anilines is 1. The van der Waals surface area contributed by atoms with Crippen LogP contribution in [0.25, 0.3) is 0 Å². The average Bonchev–Trinajstić information content (AvgIpc) is 3.82. The van der Waals surface area contributed by atoms with Gasteiger partial charge in [0.05, 0.1) is 64.2 Å². The number of rotatable bonds is 8. The predicted molar refractivity (Wildman–Crippen MR) is 241 cm³/mol. The molecule has 3 aromatic carbocycles. The average molecular weight is 975 g/mol. The number of fused-ring (bicyclic) bond motifs is 3. The number of hydrogen-bond donors (Lipinski definition) is 8. The Morgan fingerprint density at radius 3 is 2.36 bits per heavy atom. The monoisotopic (exact) mass is 974 g/mol. The number of Topliss-reactive ketones (excluding diaryl/α,β-unsaturated/α-hetero) is 1. The lowest BCUT2D eigenvalue weighted by molar-refractivity contribution is -0.354. The van der Waals surface area contributed by atoms with Crippen LogP contribution >= 0.6 is 0 Å². The van der Waals surface area contributed by atoms with Crippen LogP contribution in [0.15, 0.2) is 60.2 Å². The van der Waals surface area contributed by atoms with Gasteiger partial charge in [0, 0.05) is 42.1 Å². The van der Waals surface area contributed by atoms with E-state index in [4.69, 9.17) is 37.9 Å². The standard InChI is InChI=1S/C27H32O14.C23H26N2O4/c1-10-20(32)22(34)24(36)26(37-10)41-25-23(35)21(33)18(9-28)40-27(25)38-13-6-14(30)19-15(31)8-16(39-17(19)7-13)11-2-4-12(29)5-3-11;1-27-16-8-14-15(9-17(16)28-2)25-20(26)10-18-21-13-7-19-23(14,22(21)25)4-5-24(19)11-12(13)3-6-29-18/h2-7,10,16,18,20-30,32-36H,8-9H2,1H3;3,8-9,13,18-19,21-22H,4-7,10-11H2,1-2H3/t10-,16?,18+,20-,21+,22+,23-,24+,25+,26-,27+;13-,18-,19-,21-,22-,23+/m00/s1. The summed E-state index contributed by atoms with van der Waals surface area (Å²) >= 11 is 0. The van der Waals surface area contributed by atoms with E-state index in [1.807, 2.05) is 6.07 Å². The first kappa shape index (κ1) is 47.2. The summed E-state index contributed by atoms with van der Waals surface area (Å²) in [6.07, 6.45) is -10.9. The van der Waals surface area contributed by atoms with E-state index >= 15 is 0 Å². The summed E-state index contributed by atoms with van der Waals surface area (Å²) in [5.74, 6) is 1.63. The summed E-state index contributed by atoms with van der Waals surface area (Å²) < 4.78 is 46.1. The van der Waals surface area contributed by atoms with Crippen molar-refractivity contribution in [3.63, 3.8) is 0 Å². The molecule has 8 aliphatic heterocycles. The van der Waals surface area contributed by atoms with Gasteiger partial charge in [-0.2, -0.15) is 0 Å². The van der Waals surface area contributed by atoms with E-state index in [9.17, 15) is 50.4 Å². The molecule has 17 atom stereocenters. The van der Waals surface area contributed by atoms with Crippen LogP contribution in [0.4, 0.5) is 5.69 Å². The number of benzene rings is 3. The zero-order valence-electron chi connectivity index (χ0n) is 38.6. The van der Waals surface area contributed by atoms with Crippen LogP contribution in [0.5, 0.6) is 34.5 Å². The van der Waals surface area contributed by atoms with Crippen molar-refractivity contribution < 1.29 is 88.3 Å². The van der Waals surface area contributed by atoms with Crippen molar-refractivity contribution in [2.24, 2.45) is 11.8 Å². The number of phenolic OH excluding ortho intramolecular Hbond substituents is 2. The molecule has 6 fully saturated rings. The number of amides is 1. The van der Waals surface area contributed by atoms with Crippen molar-refractivity contribution in [2.75, 3.05) is 45.4 Å². The summed E-state index contributed by atoms with van der Waals surface area (Å²) in [5.41, 5.74) is 4.38. The Kier molecular flexibility index (Phi) is 12.1. The predicted octanol–water partition coefficient (Wildman–Crippen LogP) is 0.945. The van der Waals surface area contributed by atoms with Crippen LogP contribution in [0.1, 0.15) is 60.2 Å². The van der Waals surface area contributed by atoms with Gasteiger partial charge in [0.25, 0.3) is 0 Å². The number of ketones is 1. The van der Waals surface area contributed by atoms with Gasteiger partial charge in [0.1, 0.15) is 71.3 Å². The second-order valence-corrected chi connectivity index (χ2v) is 19.7. The molecule has 376 valence electrons. The highest BCUT2D eigenvalue weighted by Gasteiger charge is 2.71. The topological polar surface area (TPSA) is 276 Å². The minimum absolute atomic E-state index is 0.0149. The molecule has 12 rings (SSSR count). The second-order valence-electron chi connectivity index (χ2n) is 19.7. The first-order valence-corrected chi connectivity index (χ1v) is 23.8. The number of carbonyl (C=O) groups excluding carboxylic acids is 2. The minimum Gasteiger partial charge on any atom is -0.508 e. The summed E-state index contributed by atoms with van der Waals surface area (Å²) in [7, 11) is 3.36. The van der Waals surface area contributed by atoms with Crippen molar-refractivity contribution in [3.05, 3.63) is 76.9 Å². The van der Waals surface area contributed by atoms with E-state index in [0.717, 1.165) is 37.0 Å². The van der Waals surface area contributed by atoms with Crippen molar-refractivity contribution in [3.8, 4) is 34.5 Å². The zero-order chi connectivity index (χ0) is 49.1. The van der Waals surface area contributed by atoms with E-state index in [2.05, 4.69) is 21.9 Å². The number of piperidine rings is 2. The van der Waals surface area contributed by atoms with Gasteiger partial charge in [-0.25, -0.2) is 0 Å². The molecule has 20 nitrogen and oxygen atoms in total. The Hall–Kier alpha value is -5.10. The number of carbonyl (C=O) groups is 2. The Labute approximate surface area is 402 Å². The number of aromatic hydroxyl groups is 2. The van der Waals surface area contributed by atoms with Gasteiger partial charge in [0.15, 0.2) is 29.7 Å². The van der Waals surface area contributed by atoms with Gasteiger partial charge in [-0.15, -0.1) is 0 Å². The van der Waals surface area contributed by atoms with Crippen LogP contribution < -0.4 is 23.8 Å². The fourth-order valence-corrected chi connectivity index (χ4v) is 12.9. The van der Waals surface area contributed by atoms with Gasteiger partial charge >= 0.3 is 0 Å². The third-order valence-corrected chi connectivity index (χ3v) is 16.2. The molecule has 1 aliphatic carbocycles. The van der Waals surface area contributed by atoms with Gasteiger partial charge in [0.2, 0.25) is 12.2 Å². The summed E-state index contributed by atoms with van der Waals surface area (Å²) in [5, 5.41) is 81.6. The highest BCUT2D eigenvalue weighted by atomic mass is 16.8. The molecule has 8 N–H and O–H groups in total. The number of phenols is 2. The molecule has 8 heterocycles. The number of aliphatic hydroxyl groups excluding tert-OH is 6. The molecule has 0 radical (unpaired) electrons. The lowest BCUT2D eigenvalue weighted by Gasteiger charge is -2.58. The third-order valence-electron chi connectivity index (χ3n) is 16.2. The Morgan fingerprint density at radius 2 is 1.61 bits per heavy atom. The van der Waals surface area contributed by atoms with Gasteiger partial charge in [-0.05, 0) is 61.6 Å². The Bertz CT molecular complexity index is 2560. The molecule has 1 spiro atoms. The number of methoxy groups -OCH3 is 2. The van der Waals surface area contributed by atoms with Gasteiger partial charge in [-0.3, -0.25) is 14.5 Å². The number of hydrogen-bond acceptors (Lipinski definition) is 19. The molecule has 3 aromatic rings. The normalized spacial score (nSPS) is 38.8. The van der Waals surface area contributed by atoms with Crippen molar-refractivity contribution in [1.82, 2.24) is 4.90 Å². The largest absolute Gasteiger partial charge is 0.508 e. The van der Waals surface area contributed by atoms with Crippen LogP contribution in [-0.2, 0) is 29.2 Å². The molecule has 9 aliphatic rings. The molecule has 2 bridgehead atoms. The lowest BCUT2D eigenvalue weighted by Crippen LogP contribution is -2.69. The number of aliphatic hydroxyl groups is 6. The Morgan fingerprint density at radius 1 is 0.857 bits per heavy atom. The number of ether oxygens (including phenoxy) is 8. The quantitative estimate of drug-likeness (QED) is 0.146. The van der Waals surface area contributed by atoms with Crippen LogP contribution in [0, 0.1) is 11.8 Å². The fourth-order valence-electron chi connectivity index (χ4n) is 12.9. The summed E-state index contributed by atoms with van der Waals surface area (Å²) in [6.45, 7) is 3.52. The summed E-state index contributed by atoms with van der Waals surface area (Å²) in [6, 6.07) is 13.4. The lowest BCUT2D eigenvalue weighted by atomic mass is 9.53. The summed E-state index contributed by atoms with van der Waals surface area (Å²) in [4.78, 5) is 31.1. The third kappa shape index (κ3) is 7.36. The first-order valence-electron chi connectivity index (χ1n) is 23.8. The molecule has 5 saturated heterocycles. The van der Waals surface area contributed by atoms with Crippen molar-refractivity contribution >= 4 is 17.4 Å². The molecule has 1 unspecified atom stereocenters. The maximum absolute atomic E-state index is 13.5. The van der Waals surface area contributed by atoms with E-state index < -0.39 is 85.7 Å². The van der Waals surface area contributed by atoms with Crippen LogP contribution in [-0.4, -0.2) is 178 Å². The molecule has 0 aromatic heterocycles. The molecule has 20 heteroatoms. The maximum Gasteiger partial charge on any atom is 0.229 e. The van der Waals surface area contributed by atoms with E-state index in [-0.39, 0.29) is 52.7 Å². The van der Waals surface area contributed by atoms with E-state index in [1.165, 1.54) is 37.1 Å². The zero-order valence-corrected chi connectivity index (χ0v) is 38.6. The molecule has 1 saturated carbocycles. The second kappa shape index (κ2) is 17.9. The van der Waals surface area contributed by atoms with Crippen molar-refractivity contribution in [2.45, 2.75) is 124 Å². The smallest absolute Gasteiger partial charge is 0.229 e. The molecular formula is C50H58N2O18. The molecular weight excluding hydrogens is 917 g/mol. The fraction of sp³-hybridized carbons (Fsp3) is 0.560. The Balaban J connectivity index is 0.000000160. The van der Waals surface area contributed by atoms with Crippen molar-refractivity contribution in [1.29, 1.82) is 0 Å². The van der Waals surface area contributed by atoms with Crippen LogP contribution in [0.3, 0.4) is 0 Å². The van der Waals surface area contributed by atoms with E-state index in [0.29, 0.717) is 42.2 Å². The van der Waals surface area contributed by atoms with Crippen LogP contribution in [0.2, 0.25) is 0 Å². The minimum atomic E-state index is -1.75. The van der Waals surface area contributed by atoms with E-state index in [1.54, 1.807) is 31.9 Å². The van der Waals surface area contributed by atoms with Gasteiger partial charge < -0.3 is 83.6 Å². The maximum atomic E-state index is 13.5. The highest BCUT2D eigenvalue weighted by molar-refractivity contribution is 6.03.